The Morgan fingerprint density at radius 3 is 2.67 bits per heavy atom. The molecule has 1 heterocycles. The fraction of sp³-hybridized carbons (Fsp3) is 0.333. The van der Waals surface area contributed by atoms with Crippen LogP contribution in [0.5, 0.6) is 0 Å². The normalized spacial score (nSPS) is 16.1. The molecule has 0 saturated heterocycles. The van der Waals surface area contributed by atoms with E-state index in [4.69, 9.17) is 4.74 Å². The van der Waals surface area contributed by atoms with Crippen LogP contribution in [0.4, 0.5) is 4.79 Å². The van der Waals surface area contributed by atoms with E-state index < -0.39 is 18.0 Å². The van der Waals surface area contributed by atoms with E-state index in [9.17, 15) is 14.5 Å². The largest absolute Gasteiger partial charge is 0.444 e. The van der Waals surface area contributed by atoms with Crippen molar-refractivity contribution in [2.45, 2.75) is 26.5 Å². The van der Waals surface area contributed by atoms with Gasteiger partial charge in [-0.25, -0.2) is 9.69 Å². The summed E-state index contributed by atoms with van der Waals surface area (Å²) in [7, 11) is 0. The summed E-state index contributed by atoms with van der Waals surface area (Å²) in [4.78, 5) is 35.7. The Balaban J connectivity index is 1.99. The number of rotatable bonds is 4. The maximum absolute atomic E-state index is 12.1. The first-order chi connectivity index (χ1) is 10.0. The number of carbonyl (C=O) groups excluding carboxylic acids is 2. The summed E-state index contributed by atoms with van der Waals surface area (Å²) in [5, 5.41) is 2.85. The molecular formula is C15H16N2O4. The Morgan fingerprint density at radius 1 is 1.38 bits per heavy atom. The number of nitroso groups, excluding NO2 is 1. The minimum absolute atomic E-state index is 0.0965. The average Bonchev–Trinajstić information content (AvgIpc) is 2.80. The zero-order valence-corrected chi connectivity index (χ0v) is 11.9. The molecule has 0 aliphatic carbocycles. The highest BCUT2D eigenvalue weighted by Crippen LogP contribution is 2.24. The lowest BCUT2D eigenvalue weighted by molar-refractivity contribution is -0.124. The van der Waals surface area contributed by atoms with E-state index in [1.807, 2.05) is 30.3 Å². The Labute approximate surface area is 122 Å². The molecule has 2 amide bonds. The summed E-state index contributed by atoms with van der Waals surface area (Å²) in [6.07, 6.45) is -0.712. The second-order valence-corrected chi connectivity index (χ2v) is 4.91. The summed E-state index contributed by atoms with van der Waals surface area (Å²) in [5.74, 6) is -0.502. The van der Waals surface area contributed by atoms with Crippen molar-refractivity contribution in [1.29, 1.82) is 0 Å². The van der Waals surface area contributed by atoms with Gasteiger partial charge in [0.15, 0.2) is 0 Å². The van der Waals surface area contributed by atoms with Gasteiger partial charge in [0.25, 0.3) is 5.91 Å². The number of ether oxygens (including phenoxy) is 1. The van der Waals surface area contributed by atoms with Crippen molar-refractivity contribution in [3.8, 4) is 0 Å². The Bertz CT molecular complexity index is 595. The van der Waals surface area contributed by atoms with Gasteiger partial charge in [-0.1, -0.05) is 35.5 Å². The fourth-order valence-corrected chi connectivity index (χ4v) is 2.25. The molecule has 1 atom stereocenters. The van der Waals surface area contributed by atoms with Gasteiger partial charge in [0.1, 0.15) is 12.6 Å². The molecule has 1 aromatic rings. The highest BCUT2D eigenvalue weighted by Gasteiger charge is 2.36. The van der Waals surface area contributed by atoms with Crippen molar-refractivity contribution >= 4 is 12.0 Å². The zero-order chi connectivity index (χ0) is 15.4. The Morgan fingerprint density at radius 2 is 2.05 bits per heavy atom. The molecule has 0 saturated carbocycles. The Hall–Kier alpha value is -2.50. The van der Waals surface area contributed by atoms with Crippen LogP contribution in [0.15, 0.2) is 46.7 Å². The van der Waals surface area contributed by atoms with Crippen LogP contribution >= 0.6 is 0 Å². The van der Waals surface area contributed by atoms with Crippen molar-refractivity contribution in [1.82, 2.24) is 4.90 Å². The molecule has 21 heavy (non-hydrogen) atoms. The smallest absolute Gasteiger partial charge is 0.417 e. The van der Waals surface area contributed by atoms with Gasteiger partial charge in [-0.15, -0.1) is 0 Å². The SMILES string of the molecule is CC1=C(C(C)N=O)C(=O)N(C(=O)OCc2ccccc2)C1. The summed E-state index contributed by atoms with van der Waals surface area (Å²) in [6.45, 7) is 3.48. The first-order valence-electron chi connectivity index (χ1n) is 6.59. The minimum Gasteiger partial charge on any atom is -0.444 e. The molecule has 1 aliphatic heterocycles. The highest BCUT2D eigenvalue weighted by atomic mass is 16.6. The van der Waals surface area contributed by atoms with Gasteiger partial charge in [0.2, 0.25) is 0 Å². The lowest BCUT2D eigenvalue weighted by Crippen LogP contribution is -2.35. The van der Waals surface area contributed by atoms with Crippen molar-refractivity contribution in [2.24, 2.45) is 5.18 Å². The molecule has 2 rings (SSSR count). The predicted molar refractivity (Wildman–Crippen MR) is 76.3 cm³/mol. The molecule has 110 valence electrons. The molecule has 0 spiro atoms. The second kappa shape index (κ2) is 6.30. The van der Waals surface area contributed by atoms with E-state index in [-0.39, 0.29) is 18.7 Å². The van der Waals surface area contributed by atoms with Crippen LogP contribution in [-0.2, 0) is 16.1 Å². The molecule has 0 bridgehead atoms. The van der Waals surface area contributed by atoms with Gasteiger partial charge < -0.3 is 4.74 Å². The van der Waals surface area contributed by atoms with Crippen LogP contribution in [0.3, 0.4) is 0 Å². The zero-order valence-electron chi connectivity index (χ0n) is 11.9. The number of nitrogens with zero attached hydrogens (tertiary/aromatic N) is 2. The van der Waals surface area contributed by atoms with Crippen LogP contribution in [0, 0.1) is 4.91 Å². The number of hydrogen-bond donors (Lipinski definition) is 0. The van der Waals surface area contributed by atoms with E-state index in [0.29, 0.717) is 5.57 Å². The van der Waals surface area contributed by atoms with E-state index in [1.165, 1.54) is 6.92 Å². The van der Waals surface area contributed by atoms with Crippen molar-refractivity contribution in [2.75, 3.05) is 6.54 Å². The monoisotopic (exact) mass is 288 g/mol. The first kappa shape index (κ1) is 14.9. The van der Waals surface area contributed by atoms with Crippen LogP contribution in [0.1, 0.15) is 19.4 Å². The molecular weight excluding hydrogens is 272 g/mol. The highest BCUT2D eigenvalue weighted by molar-refractivity contribution is 6.06. The molecule has 0 radical (unpaired) electrons. The number of imide groups is 1. The quantitative estimate of drug-likeness (QED) is 0.798. The third-order valence-corrected chi connectivity index (χ3v) is 3.33. The third-order valence-electron chi connectivity index (χ3n) is 3.33. The standard InChI is InChI=1S/C15H16N2O4/c1-10-8-17(14(18)13(10)11(2)16-20)15(19)21-9-12-6-4-3-5-7-12/h3-7,11H,8-9H2,1-2H3. The van der Waals surface area contributed by atoms with E-state index in [1.54, 1.807) is 6.92 Å². The summed E-state index contributed by atoms with van der Waals surface area (Å²) < 4.78 is 5.12. The minimum atomic E-state index is -0.760. The lowest BCUT2D eigenvalue weighted by atomic mass is 10.1. The van der Waals surface area contributed by atoms with E-state index in [2.05, 4.69) is 5.18 Å². The number of amides is 2. The van der Waals surface area contributed by atoms with Crippen molar-refractivity contribution in [3.05, 3.63) is 51.9 Å². The molecule has 0 aromatic heterocycles. The van der Waals surface area contributed by atoms with Crippen LogP contribution in [0.2, 0.25) is 0 Å². The van der Waals surface area contributed by atoms with E-state index >= 15 is 0 Å². The van der Waals surface area contributed by atoms with Crippen LogP contribution < -0.4 is 0 Å². The molecule has 6 heteroatoms. The van der Waals surface area contributed by atoms with Gasteiger partial charge in [-0.2, -0.15) is 4.91 Å². The summed E-state index contributed by atoms with van der Waals surface area (Å²) in [6, 6.07) is 8.43. The first-order valence-corrected chi connectivity index (χ1v) is 6.59. The van der Waals surface area contributed by atoms with Crippen molar-refractivity contribution < 1.29 is 14.3 Å². The number of hydrogen-bond acceptors (Lipinski definition) is 5. The number of carbonyl (C=O) groups is 2. The lowest BCUT2D eigenvalue weighted by Gasteiger charge is -2.15. The molecule has 0 fully saturated rings. The second-order valence-electron chi connectivity index (χ2n) is 4.91. The summed E-state index contributed by atoms with van der Waals surface area (Å²) >= 11 is 0. The maximum atomic E-state index is 12.1. The third kappa shape index (κ3) is 3.16. The van der Waals surface area contributed by atoms with Crippen LogP contribution in [-0.4, -0.2) is 29.5 Å². The van der Waals surface area contributed by atoms with Gasteiger partial charge in [0, 0.05) is 5.57 Å². The molecule has 0 N–H and O–H groups in total. The van der Waals surface area contributed by atoms with Gasteiger partial charge in [-0.05, 0) is 25.0 Å². The summed E-state index contributed by atoms with van der Waals surface area (Å²) in [5.41, 5.74) is 1.79. The van der Waals surface area contributed by atoms with Gasteiger partial charge in [-0.3, -0.25) is 4.79 Å². The fourth-order valence-electron chi connectivity index (χ4n) is 2.25. The molecule has 1 aliphatic rings. The molecule has 1 unspecified atom stereocenters. The van der Waals surface area contributed by atoms with E-state index in [0.717, 1.165) is 10.5 Å². The average molecular weight is 288 g/mol. The molecule has 6 nitrogen and oxygen atoms in total. The van der Waals surface area contributed by atoms with Crippen LogP contribution in [0.25, 0.3) is 0 Å². The van der Waals surface area contributed by atoms with Gasteiger partial charge >= 0.3 is 6.09 Å². The maximum Gasteiger partial charge on any atom is 0.417 e. The Kier molecular flexibility index (Phi) is 4.47. The number of benzene rings is 1. The van der Waals surface area contributed by atoms with Crippen molar-refractivity contribution in [3.63, 3.8) is 0 Å². The van der Waals surface area contributed by atoms with Gasteiger partial charge in [0.05, 0.1) is 6.54 Å². The predicted octanol–water partition coefficient (Wildman–Crippen LogP) is 2.64. The topological polar surface area (TPSA) is 76.0 Å². The molecule has 1 aromatic carbocycles.